The first kappa shape index (κ1) is 6.25. The van der Waals surface area contributed by atoms with Crippen molar-refractivity contribution >= 4 is 15.6 Å². The first-order valence-corrected chi connectivity index (χ1v) is 1.89. The van der Waals surface area contributed by atoms with Gasteiger partial charge in [0.1, 0.15) is 0 Å². The molecule has 0 amide bonds. The molecule has 0 nitrogen and oxygen atoms in total. The van der Waals surface area contributed by atoms with E-state index in [0.717, 1.165) is 0 Å². The SMILES string of the molecule is [F][Li]([F])([F])([F])[F]. The maximum atomic E-state index is 9.90. The standard InChI is InChI=1S/5FH.Li/h5*1H;/q;;;;;+5/p-5. The first-order valence-electron chi connectivity index (χ1n) is 1.89. The number of rotatable bonds is 0. The molecule has 0 aliphatic rings. The van der Waals surface area contributed by atoms with Crippen LogP contribution in [0.4, 0.5) is 16.9 Å². The number of halogens is 5. The fourth-order valence-electron chi connectivity index (χ4n) is 0. The zero-order chi connectivity index (χ0) is 5.45. The molecule has 0 rings (SSSR count). The Kier molecular flexibility index (Phi) is 0.939. The van der Waals surface area contributed by atoms with E-state index in [0.29, 0.717) is 0 Å². The second-order valence-corrected chi connectivity index (χ2v) is 1.43. The van der Waals surface area contributed by atoms with Crippen molar-refractivity contribution in [3.05, 3.63) is 0 Å². The van der Waals surface area contributed by atoms with Crippen LogP contribution in [0, 0.1) is 0 Å². The molecule has 6 heavy (non-hydrogen) atoms. The maximum absolute atomic E-state index is 9.90. The van der Waals surface area contributed by atoms with Gasteiger partial charge < -0.3 is 0 Å². The molecule has 0 heterocycles. The Labute approximate surface area is 33.4 Å². The fraction of sp³-hybridized carbons (Fsp3) is 0. The van der Waals surface area contributed by atoms with Crippen molar-refractivity contribution in [1.29, 1.82) is 0 Å². The van der Waals surface area contributed by atoms with Crippen molar-refractivity contribution in [3.63, 3.8) is 0 Å². The molecule has 0 spiro atoms. The molecule has 36 valence electrons. The van der Waals surface area contributed by atoms with Gasteiger partial charge in [0.2, 0.25) is 0 Å². The van der Waals surface area contributed by atoms with Crippen LogP contribution in [0.1, 0.15) is 0 Å². The molecule has 0 bridgehead atoms. The Hall–Kier alpha value is 0.247. The zero-order valence-electron chi connectivity index (χ0n) is 2.89. The molecule has 0 aliphatic carbocycles. The van der Waals surface area contributed by atoms with Crippen LogP contribution >= 0.6 is 0 Å². The van der Waals surface area contributed by atoms with Gasteiger partial charge in [0.25, 0.3) is 0 Å². The van der Waals surface area contributed by atoms with E-state index in [9.17, 15) is 16.9 Å². The summed E-state index contributed by atoms with van der Waals surface area (Å²) in [6.45, 7) is 0. The van der Waals surface area contributed by atoms with Crippen molar-refractivity contribution in [2.24, 2.45) is 0 Å². The van der Waals surface area contributed by atoms with Crippen LogP contribution in [-0.2, 0) is 0 Å². The van der Waals surface area contributed by atoms with E-state index in [4.69, 9.17) is 0 Å². The quantitative estimate of drug-likeness (QED) is 0.322. The summed E-state index contributed by atoms with van der Waals surface area (Å²) in [6, 6.07) is 0. The minimum atomic E-state index is -9.10. The Balaban J connectivity index is 3.73. The van der Waals surface area contributed by atoms with Crippen molar-refractivity contribution in [3.8, 4) is 0 Å². The van der Waals surface area contributed by atoms with Crippen molar-refractivity contribution in [2.75, 3.05) is 0 Å². The molecule has 0 atom stereocenters. The van der Waals surface area contributed by atoms with Gasteiger partial charge >= 0.3 is 32.5 Å². The third kappa shape index (κ3) is 732. The minimum absolute atomic E-state index is 9.10. The van der Waals surface area contributed by atoms with Crippen LogP contribution in [0.3, 0.4) is 0 Å². The Morgan fingerprint density at radius 2 is 0.667 bits per heavy atom. The summed E-state index contributed by atoms with van der Waals surface area (Å²) < 4.78 is 49.5. The summed E-state index contributed by atoms with van der Waals surface area (Å²) in [6.07, 6.45) is 0. The van der Waals surface area contributed by atoms with E-state index < -0.39 is 15.6 Å². The van der Waals surface area contributed by atoms with Gasteiger partial charge in [-0.15, -0.1) is 0 Å². The van der Waals surface area contributed by atoms with Gasteiger partial charge in [-0.05, 0) is 0 Å². The molecule has 0 fully saturated rings. The molecule has 6 heteroatoms. The van der Waals surface area contributed by atoms with Gasteiger partial charge in [-0.2, -0.15) is 0 Å². The molecule has 0 aliphatic heterocycles. The van der Waals surface area contributed by atoms with Crippen molar-refractivity contribution in [1.82, 2.24) is 0 Å². The molecule has 0 N–H and O–H groups in total. The summed E-state index contributed by atoms with van der Waals surface area (Å²) in [7, 11) is 0. The van der Waals surface area contributed by atoms with Gasteiger partial charge in [0, 0.05) is 0 Å². The molecule has 0 saturated carbocycles. The van der Waals surface area contributed by atoms with Gasteiger partial charge in [-0.3, -0.25) is 0 Å². The van der Waals surface area contributed by atoms with E-state index in [2.05, 4.69) is 0 Å². The molecule has 0 aromatic heterocycles. The van der Waals surface area contributed by atoms with E-state index >= 15 is 0 Å². The van der Waals surface area contributed by atoms with Crippen LogP contribution in [0.25, 0.3) is 0 Å². The average molecular weight is 102 g/mol. The van der Waals surface area contributed by atoms with E-state index in [1.165, 1.54) is 0 Å². The van der Waals surface area contributed by atoms with Gasteiger partial charge in [-0.25, -0.2) is 0 Å². The predicted molar refractivity (Wildman–Crippen MR) is 11.3 cm³/mol. The van der Waals surface area contributed by atoms with Crippen LogP contribution in [0.15, 0.2) is 0 Å². The molecular weight excluding hydrogens is 102 g/mol. The van der Waals surface area contributed by atoms with Crippen molar-refractivity contribution < 1.29 is 16.9 Å². The number of hydrogen-bond donors (Lipinski definition) is 0. The van der Waals surface area contributed by atoms with Crippen LogP contribution in [0.5, 0.6) is 0 Å². The Bertz CT molecular complexity index is 37.1. The van der Waals surface area contributed by atoms with E-state index in [1.807, 2.05) is 0 Å². The van der Waals surface area contributed by atoms with E-state index in [-0.39, 0.29) is 0 Å². The van der Waals surface area contributed by atoms with Crippen LogP contribution in [-0.4, -0.2) is 15.6 Å². The zero-order valence-corrected chi connectivity index (χ0v) is 2.89. The molecule has 0 unspecified atom stereocenters. The van der Waals surface area contributed by atoms with E-state index in [1.54, 1.807) is 0 Å². The molecule has 2 radical (unpaired) electrons. The second-order valence-electron chi connectivity index (χ2n) is 1.43. The third-order valence-electron chi connectivity index (χ3n) is 0. The average Bonchev–Trinajstić information content (AvgIpc) is 0.650. The van der Waals surface area contributed by atoms with Gasteiger partial charge in [0.15, 0.2) is 0 Å². The van der Waals surface area contributed by atoms with Crippen LogP contribution in [0.2, 0.25) is 0 Å². The van der Waals surface area contributed by atoms with Gasteiger partial charge in [-0.1, -0.05) is 0 Å². The normalized spacial score (nSPS) is 15.0. The second kappa shape index (κ2) is 0.901. The summed E-state index contributed by atoms with van der Waals surface area (Å²) in [5.74, 6) is 0. The Morgan fingerprint density at radius 3 is 0.667 bits per heavy atom. The first-order chi connectivity index (χ1) is 2.24. The predicted octanol–water partition coefficient (Wildman–Crippen LogP) is 1.72. The number of hydrogen-bond acceptors (Lipinski definition) is 0. The molecule has 0 aromatic rings. The molecule has 0 aromatic carbocycles. The molecular formula is F5Li. The van der Waals surface area contributed by atoms with Crippen molar-refractivity contribution in [2.45, 2.75) is 0 Å². The van der Waals surface area contributed by atoms with Gasteiger partial charge in [0.05, 0.1) is 0 Å². The summed E-state index contributed by atoms with van der Waals surface area (Å²) in [4.78, 5) is 0. The van der Waals surface area contributed by atoms with Crippen LogP contribution < -0.4 is 0 Å². The summed E-state index contributed by atoms with van der Waals surface area (Å²) in [5.41, 5.74) is 0. The topological polar surface area (TPSA) is 0 Å². The monoisotopic (exact) mass is 102 g/mol. The third-order valence-corrected chi connectivity index (χ3v) is 0. The summed E-state index contributed by atoms with van der Waals surface area (Å²) in [5, 5.41) is 0. The molecule has 0 saturated heterocycles. The summed E-state index contributed by atoms with van der Waals surface area (Å²) >= 11 is -9.10. The Morgan fingerprint density at radius 1 is 0.667 bits per heavy atom. The fourth-order valence-corrected chi connectivity index (χ4v) is 0.